The first kappa shape index (κ1) is 15.8. The molecule has 0 aromatic carbocycles. The minimum atomic E-state index is -0.823. The number of nitrogens with zero attached hydrogens (tertiary/aromatic N) is 1. The number of hydrogen-bond acceptors (Lipinski definition) is 3. The summed E-state index contributed by atoms with van der Waals surface area (Å²) < 4.78 is 0. The first-order valence-corrected chi connectivity index (χ1v) is 8.13. The van der Waals surface area contributed by atoms with Gasteiger partial charge in [-0.25, -0.2) is 4.79 Å². The van der Waals surface area contributed by atoms with E-state index in [1.165, 1.54) is 0 Å². The number of carbonyl (C=O) groups excluding carboxylic acids is 1. The Morgan fingerprint density at radius 3 is 2.67 bits per heavy atom. The van der Waals surface area contributed by atoms with E-state index >= 15 is 0 Å². The SMILES string of the molecule is CC(C)C(NC(=O)N1CCC(C(=O)O)C1C)c1cccs1. The van der Waals surface area contributed by atoms with Crippen LogP contribution in [0, 0.1) is 11.8 Å². The fourth-order valence-electron chi connectivity index (χ4n) is 2.81. The maximum absolute atomic E-state index is 12.5. The van der Waals surface area contributed by atoms with E-state index in [-0.39, 0.29) is 24.0 Å². The standard InChI is InChI=1S/C15H22N2O3S/c1-9(2)13(12-5-4-8-21-12)16-15(20)17-7-6-11(10(17)3)14(18)19/h4-5,8-11,13H,6-7H2,1-3H3,(H,16,20)(H,18,19). The quantitative estimate of drug-likeness (QED) is 0.898. The van der Waals surface area contributed by atoms with Crippen molar-refractivity contribution in [3.8, 4) is 0 Å². The number of hydrogen-bond donors (Lipinski definition) is 2. The zero-order valence-corrected chi connectivity index (χ0v) is 13.4. The van der Waals surface area contributed by atoms with E-state index in [9.17, 15) is 9.59 Å². The van der Waals surface area contributed by atoms with Gasteiger partial charge < -0.3 is 15.3 Å². The molecule has 116 valence electrons. The molecule has 2 N–H and O–H groups in total. The maximum Gasteiger partial charge on any atom is 0.318 e. The van der Waals surface area contributed by atoms with Crippen molar-refractivity contribution < 1.29 is 14.7 Å². The van der Waals surface area contributed by atoms with E-state index in [1.807, 2.05) is 17.5 Å². The third kappa shape index (κ3) is 3.37. The van der Waals surface area contributed by atoms with Crippen LogP contribution in [0.25, 0.3) is 0 Å². The van der Waals surface area contributed by atoms with Gasteiger partial charge in [0, 0.05) is 17.5 Å². The van der Waals surface area contributed by atoms with E-state index in [4.69, 9.17) is 5.11 Å². The van der Waals surface area contributed by atoms with Gasteiger partial charge in [0.25, 0.3) is 0 Å². The van der Waals surface area contributed by atoms with Crippen LogP contribution in [0.5, 0.6) is 0 Å². The minimum absolute atomic E-state index is 0.0337. The van der Waals surface area contributed by atoms with Crippen molar-refractivity contribution >= 4 is 23.3 Å². The number of carbonyl (C=O) groups is 2. The topological polar surface area (TPSA) is 69.6 Å². The molecule has 21 heavy (non-hydrogen) atoms. The third-order valence-corrected chi connectivity index (χ3v) is 5.08. The van der Waals surface area contributed by atoms with E-state index < -0.39 is 11.9 Å². The van der Waals surface area contributed by atoms with Gasteiger partial charge >= 0.3 is 12.0 Å². The molecule has 2 heterocycles. The smallest absolute Gasteiger partial charge is 0.318 e. The van der Waals surface area contributed by atoms with Crippen molar-refractivity contribution in [3.63, 3.8) is 0 Å². The molecule has 1 aromatic heterocycles. The fraction of sp³-hybridized carbons (Fsp3) is 0.600. The van der Waals surface area contributed by atoms with Crippen molar-refractivity contribution in [2.45, 2.75) is 39.3 Å². The molecule has 2 amide bonds. The summed E-state index contributed by atoms with van der Waals surface area (Å²) in [5.41, 5.74) is 0. The van der Waals surface area contributed by atoms with Crippen LogP contribution in [0.2, 0.25) is 0 Å². The van der Waals surface area contributed by atoms with Crippen LogP contribution in [0.15, 0.2) is 17.5 Å². The molecule has 0 aliphatic carbocycles. The van der Waals surface area contributed by atoms with Crippen LogP contribution in [0.3, 0.4) is 0 Å². The predicted molar refractivity (Wildman–Crippen MR) is 82.3 cm³/mol. The van der Waals surface area contributed by atoms with Gasteiger partial charge in [-0.1, -0.05) is 19.9 Å². The number of urea groups is 1. The number of carboxylic acids is 1. The summed E-state index contributed by atoms with van der Waals surface area (Å²) in [4.78, 5) is 26.4. The monoisotopic (exact) mass is 310 g/mol. The first-order valence-electron chi connectivity index (χ1n) is 7.25. The zero-order valence-electron chi connectivity index (χ0n) is 12.6. The molecule has 1 fully saturated rings. The highest BCUT2D eigenvalue weighted by Gasteiger charge is 2.38. The zero-order chi connectivity index (χ0) is 15.6. The van der Waals surface area contributed by atoms with E-state index in [1.54, 1.807) is 23.2 Å². The van der Waals surface area contributed by atoms with Gasteiger partial charge in [0.2, 0.25) is 0 Å². The van der Waals surface area contributed by atoms with E-state index in [0.29, 0.717) is 13.0 Å². The molecule has 5 nitrogen and oxygen atoms in total. The molecular formula is C15H22N2O3S. The van der Waals surface area contributed by atoms with Gasteiger partial charge in [-0.15, -0.1) is 11.3 Å². The molecule has 3 unspecified atom stereocenters. The highest BCUT2D eigenvalue weighted by Crippen LogP contribution is 2.28. The molecule has 0 saturated carbocycles. The van der Waals surface area contributed by atoms with Crippen molar-refractivity contribution in [1.29, 1.82) is 0 Å². The lowest BCUT2D eigenvalue weighted by atomic mass is 10.0. The average Bonchev–Trinajstić information content (AvgIpc) is 3.04. The van der Waals surface area contributed by atoms with Crippen molar-refractivity contribution in [2.75, 3.05) is 6.54 Å². The number of likely N-dealkylation sites (tertiary alicyclic amines) is 1. The molecule has 2 rings (SSSR count). The predicted octanol–water partition coefficient (Wildman–Crippen LogP) is 2.95. The molecular weight excluding hydrogens is 288 g/mol. The summed E-state index contributed by atoms with van der Waals surface area (Å²) in [6, 6.07) is 3.52. The normalized spacial score (nSPS) is 23.3. The fourth-order valence-corrected chi connectivity index (χ4v) is 3.76. The highest BCUT2D eigenvalue weighted by atomic mass is 32.1. The molecule has 1 aromatic rings. The minimum Gasteiger partial charge on any atom is -0.481 e. The van der Waals surface area contributed by atoms with Crippen molar-refractivity contribution in [2.24, 2.45) is 11.8 Å². The van der Waals surface area contributed by atoms with Crippen LogP contribution in [-0.4, -0.2) is 34.6 Å². The maximum atomic E-state index is 12.5. The van der Waals surface area contributed by atoms with Gasteiger partial charge in [-0.2, -0.15) is 0 Å². The lowest BCUT2D eigenvalue weighted by molar-refractivity contribution is -0.142. The lowest BCUT2D eigenvalue weighted by Crippen LogP contribution is -2.45. The van der Waals surface area contributed by atoms with Gasteiger partial charge in [-0.3, -0.25) is 4.79 Å². The Hall–Kier alpha value is -1.56. The number of rotatable bonds is 4. The van der Waals surface area contributed by atoms with E-state index in [0.717, 1.165) is 4.88 Å². The summed E-state index contributed by atoms with van der Waals surface area (Å²) in [6.07, 6.45) is 0.523. The third-order valence-electron chi connectivity index (χ3n) is 4.13. The number of thiophene rings is 1. The Balaban J connectivity index is 2.05. The van der Waals surface area contributed by atoms with Crippen LogP contribution in [0.4, 0.5) is 4.79 Å². The van der Waals surface area contributed by atoms with Crippen LogP contribution >= 0.6 is 11.3 Å². The summed E-state index contributed by atoms with van der Waals surface area (Å²) >= 11 is 1.62. The highest BCUT2D eigenvalue weighted by molar-refractivity contribution is 7.10. The second kappa shape index (κ2) is 6.47. The summed E-state index contributed by atoms with van der Waals surface area (Å²) in [5.74, 6) is -1.01. The Bertz CT molecular complexity index is 501. The summed E-state index contributed by atoms with van der Waals surface area (Å²) in [6.45, 7) is 6.44. The molecule has 1 aliphatic rings. The molecule has 0 radical (unpaired) electrons. The Kier molecular flexibility index (Phi) is 4.88. The average molecular weight is 310 g/mol. The summed E-state index contributed by atoms with van der Waals surface area (Å²) in [5, 5.41) is 14.2. The van der Waals surface area contributed by atoms with Crippen LogP contribution < -0.4 is 5.32 Å². The molecule has 0 spiro atoms. The Morgan fingerprint density at radius 2 is 2.19 bits per heavy atom. The molecule has 3 atom stereocenters. The number of carboxylic acid groups (broad SMARTS) is 1. The van der Waals surface area contributed by atoms with Gasteiger partial charge in [-0.05, 0) is 30.7 Å². The molecule has 6 heteroatoms. The number of amides is 2. The second-order valence-corrected chi connectivity index (χ2v) is 6.83. The van der Waals surface area contributed by atoms with Gasteiger partial charge in [0.05, 0.1) is 12.0 Å². The molecule has 1 saturated heterocycles. The second-order valence-electron chi connectivity index (χ2n) is 5.85. The van der Waals surface area contributed by atoms with Gasteiger partial charge in [0.1, 0.15) is 0 Å². The number of nitrogens with one attached hydrogen (secondary N) is 1. The Labute approximate surface area is 129 Å². The summed E-state index contributed by atoms with van der Waals surface area (Å²) in [7, 11) is 0. The van der Waals surface area contributed by atoms with Gasteiger partial charge in [0.15, 0.2) is 0 Å². The Morgan fingerprint density at radius 1 is 1.48 bits per heavy atom. The largest absolute Gasteiger partial charge is 0.481 e. The molecule has 0 bridgehead atoms. The van der Waals surface area contributed by atoms with Crippen LogP contribution in [-0.2, 0) is 4.79 Å². The first-order chi connectivity index (χ1) is 9.91. The molecule has 1 aliphatic heterocycles. The number of aliphatic carboxylic acids is 1. The lowest BCUT2D eigenvalue weighted by Gasteiger charge is -2.28. The van der Waals surface area contributed by atoms with E-state index in [2.05, 4.69) is 19.2 Å². The van der Waals surface area contributed by atoms with Crippen molar-refractivity contribution in [1.82, 2.24) is 10.2 Å². The van der Waals surface area contributed by atoms with Crippen molar-refractivity contribution in [3.05, 3.63) is 22.4 Å². The van der Waals surface area contributed by atoms with Crippen LogP contribution in [0.1, 0.15) is 38.1 Å².